The van der Waals surface area contributed by atoms with Crippen molar-refractivity contribution in [2.75, 3.05) is 50.3 Å². The predicted molar refractivity (Wildman–Crippen MR) is 105 cm³/mol. The monoisotopic (exact) mass is 382 g/mol. The zero-order valence-corrected chi connectivity index (χ0v) is 16.8. The molecule has 6 nitrogen and oxygen atoms in total. The van der Waals surface area contributed by atoms with Gasteiger partial charge in [-0.25, -0.2) is 8.42 Å². The maximum Gasteiger partial charge on any atom is 0.254 e. The molecule has 0 aromatic heterocycles. The van der Waals surface area contributed by atoms with E-state index in [9.17, 15) is 13.2 Å². The Bertz CT molecular complexity index is 688. The quantitative estimate of drug-likeness (QED) is 0.655. The van der Waals surface area contributed by atoms with Crippen LogP contribution >= 0.6 is 0 Å². The van der Waals surface area contributed by atoms with E-state index in [1.807, 2.05) is 31.3 Å². The van der Waals surface area contributed by atoms with Gasteiger partial charge in [0.2, 0.25) is 0 Å². The summed E-state index contributed by atoms with van der Waals surface area (Å²) in [5.74, 6) is 0.0579. The van der Waals surface area contributed by atoms with Gasteiger partial charge in [0.05, 0.1) is 18.1 Å². The van der Waals surface area contributed by atoms with Gasteiger partial charge in [-0.15, -0.1) is 0 Å². The summed E-state index contributed by atoms with van der Waals surface area (Å²) in [5.41, 5.74) is 1.65. The molecule has 1 aliphatic rings. The smallest absolute Gasteiger partial charge is 0.254 e. The van der Waals surface area contributed by atoms with Gasteiger partial charge in [0.15, 0.2) is 9.84 Å². The third kappa shape index (κ3) is 5.45. The van der Waals surface area contributed by atoms with Crippen molar-refractivity contribution in [1.29, 1.82) is 0 Å². The minimum Gasteiger partial charge on any atom is -0.383 e. The lowest BCUT2D eigenvalue weighted by molar-refractivity contribution is 0.0624. The number of nitrogens with zero attached hydrogens (tertiary/aromatic N) is 2. The van der Waals surface area contributed by atoms with Crippen LogP contribution < -0.4 is 4.90 Å². The Kier molecular flexibility index (Phi) is 7.46. The molecule has 0 aliphatic carbocycles. The van der Waals surface area contributed by atoms with Crippen molar-refractivity contribution in [3.63, 3.8) is 0 Å². The van der Waals surface area contributed by atoms with E-state index in [4.69, 9.17) is 4.74 Å². The number of anilines is 1. The van der Waals surface area contributed by atoms with E-state index in [-0.39, 0.29) is 23.5 Å². The third-order valence-corrected chi connectivity index (χ3v) is 6.60. The first-order valence-electron chi connectivity index (χ1n) is 9.19. The van der Waals surface area contributed by atoms with Crippen LogP contribution in [0.3, 0.4) is 0 Å². The zero-order valence-electron chi connectivity index (χ0n) is 16.0. The molecule has 0 radical (unpaired) electrons. The number of unbranched alkanes of at least 4 members (excludes halogenated alkanes) is 1. The fraction of sp³-hybridized carbons (Fsp3) is 0.632. The van der Waals surface area contributed by atoms with Crippen LogP contribution in [-0.4, -0.2) is 70.6 Å². The second kappa shape index (κ2) is 9.37. The Morgan fingerprint density at radius 1 is 1.23 bits per heavy atom. The predicted octanol–water partition coefficient (Wildman–Crippen LogP) is 2.20. The van der Waals surface area contributed by atoms with E-state index in [0.717, 1.165) is 25.1 Å². The maximum atomic E-state index is 13.0. The molecule has 1 aromatic carbocycles. The van der Waals surface area contributed by atoms with Gasteiger partial charge >= 0.3 is 0 Å². The van der Waals surface area contributed by atoms with E-state index in [0.29, 0.717) is 25.1 Å². The summed E-state index contributed by atoms with van der Waals surface area (Å²) in [7, 11) is 0.571. The molecular weight excluding hydrogens is 352 g/mol. The number of benzene rings is 1. The Morgan fingerprint density at radius 3 is 2.46 bits per heavy atom. The molecule has 0 N–H and O–H groups in total. The van der Waals surface area contributed by atoms with E-state index >= 15 is 0 Å². The summed E-state index contributed by atoms with van der Waals surface area (Å²) in [6, 6.07) is 7.27. The summed E-state index contributed by atoms with van der Waals surface area (Å²) >= 11 is 0. The largest absolute Gasteiger partial charge is 0.383 e. The lowest BCUT2D eigenvalue weighted by Gasteiger charge is -2.28. The topological polar surface area (TPSA) is 66.9 Å². The van der Waals surface area contributed by atoms with Crippen LogP contribution in [0.25, 0.3) is 0 Å². The number of rotatable bonds is 9. The van der Waals surface area contributed by atoms with Crippen LogP contribution in [-0.2, 0) is 14.6 Å². The van der Waals surface area contributed by atoms with Gasteiger partial charge in [-0.1, -0.05) is 13.3 Å². The molecular formula is C19H30N2O4S. The standard InChI is InChI=1S/C19H30N2O4S/c1-4-5-11-20(2)17-8-6-16(7-9-17)19(22)21(12-13-25-3)18-10-14-26(23,24)15-18/h6-9,18H,4-5,10-15H2,1-3H3. The van der Waals surface area contributed by atoms with Gasteiger partial charge < -0.3 is 14.5 Å². The van der Waals surface area contributed by atoms with Crippen molar-refractivity contribution in [2.24, 2.45) is 0 Å². The van der Waals surface area contributed by atoms with Crippen molar-refractivity contribution < 1.29 is 17.9 Å². The summed E-state index contributed by atoms with van der Waals surface area (Å²) < 4.78 is 28.7. The summed E-state index contributed by atoms with van der Waals surface area (Å²) in [6.45, 7) is 3.92. The zero-order chi connectivity index (χ0) is 19.2. The lowest BCUT2D eigenvalue weighted by atomic mass is 10.1. The Labute approximate surface area is 157 Å². The maximum absolute atomic E-state index is 13.0. The van der Waals surface area contributed by atoms with E-state index < -0.39 is 9.84 Å². The van der Waals surface area contributed by atoms with Crippen molar-refractivity contribution in [1.82, 2.24) is 4.90 Å². The SMILES string of the molecule is CCCCN(C)c1ccc(C(=O)N(CCOC)C2CCS(=O)(=O)C2)cc1. The summed E-state index contributed by atoms with van der Waals surface area (Å²) in [6.07, 6.45) is 2.76. The van der Waals surface area contributed by atoms with Crippen molar-refractivity contribution >= 4 is 21.4 Å². The van der Waals surface area contributed by atoms with E-state index in [1.165, 1.54) is 0 Å². The highest BCUT2D eigenvalue weighted by Crippen LogP contribution is 2.21. The molecule has 2 rings (SSSR count). The molecule has 1 aliphatic heterocycles. The lowest BCUT2D eigenvalue weighted by Crippen LogP contribution is -2.43. The molecule has 146 valence electrons. The number of sulfone groups is 1. The molecule has 1 unspecified atom stereocenters. The number of hydrogen-bond donors (Lipinski definition) is 0. The highest BCUT2D eigenvalue weighted by atomic mass is 32.2. The molecule has 26 heavy (non-hydrogen) atoms. The summed E-state index contributed by atoms with van der Waals surface area (Å²) in [5, 5.41) is 0. The number of methoxy groups -OCH3 is 1. The first kappa shape index (κ1) is 20.7. The third-order valence-electron chi connectivity index (χ3n) is 4.85. The molecule has 1 aromatic rings. The van der Waals surface area contributed by atoms with Crippen molar-refractivity contribution in [3.8, 4) is 0 Å². The van der Waals surface area contributed by atoms with Crippen LogP contribution in [0.2, 0.25) is 0 Å². The highest BCUT2D eigenvalue weighted by molar-refractivity contribution is 7.91. The number of carbonyl (C=O) groups excluding carboxylic acids is 1. The van der Waals surface area contributed by atoms with Gasteiger partial charge in [-0.05, 0) is 37.1 Å². The van der Waals surface area contributed by atoms with E-state index in [2.05, 4.69) is 11.8 Å². The number of hydrogen-bond acceptors (Lipinski definition) is 5. The Balaban J connectivity index is 2.12. The average molecular weight is 383 g/mol. The van der Waals surface area contributed by atoms with Crippen molar-refractivity contribution in [3.05, 3.63) is 29.8 Å². The van der Waals surface area contributed by atoms with Gasteiger partial charge in [0.25, 0.3) is 5.91 Å². The second-order valence-corrected chi connectivity index (χ2v) is 9.10. The first-order chi connectivity index (χ1) is 12.4. The average Bonchev–Trinajstić information content (AvgIpc) is 2.99. The fourth-order valence-corrected chi connectivity index (χ4v) is 4.94. The molecule has 1 heterocycles. The summed E-state index contributed by atoms with van der Waals surface area (Å²) in [4.78, 5) is 16.8. The number of amides is 1. The molecule has 7 heteroatoms. The Hall–Kier alpha value is -1.60. The van der Waals surface area contributed by atoms with Gasteiger partial charge in [0, 0.05) is 44.5 Å². The van der Waals surface area contributed by atoms with Crippen LogP contribution in [0, 0.1) is 0 Å². The van der Waals surface area contributed by atoms with Crippen LogP contribution in [0.5, 0.6) is 0 Å². The number of ether oxygens (including phenoxy) is 1. The molecule has 0 bridgehead atoms. The first-order valence-corrected chi connectivity index (χ1v) is 11.0. The molecule has 1 saturated heterocycles. The molecule has 1 amide bonds. The molecule has 1 fully saturated rings. The van der Waals surface area contributed by atoms with E-state index in [1.54, 1.807) is 12.0 Å². The second-order valence-electron chi connectivity index (χ2n) is 6.87. The Morgan fingerprint density at radius 2 is 1.92 bits per heavy atom. The van der Waals surface area contributed by atoms with Gasteiger partial charge in [0.1, 0.15) is 0 Å². The molecule has 0 spiro atoms. The van der Waals surface area contributed by atoms with Crippen LogP contribution in [0.15, 0.2) is 24.3 Å². The fourth-order valence-electron chi connectivity index (χ4n) is 3.21. The highest BCUT2D eigenvalue weighted by Gasteiger charge is 2.34. The minimum absolute atomic E-state index is 0.0420. The minimum atomic E-state index is -3.05. The van der Waals surface area contributed by atoms with Crippen LogP contribution in [0.4, 0.5) is 5.69 Å². The van der Waals surface area contributed by atoms with Crippen LogP contribution in [0.1, 0.15) is 36.5 Å². The van der Waals surface area contributed by atoms with Gasteiger partial charge in [-0.3, -0.25) is 4.79 Å². The van der Waals surface area contributed by atoms with Crippen molar-refractivity contribution in [2.45, 2.75) is 32.2 Å². The van der Waals surface area contributed by atoms with Gasteiger partial charge in [-0.2, -0.15) is 0 Å². The molecule has 0 saturated carbocycles. The normalized spacial score (nSPS) is 18.7. The molecule has 1 atom stereocenters. The number of carbonyl (C=O) groups is 1.